The molecule has 0 bridgehead atoms. The van der Waals surface area contributed by atoms with Gasteiger partial charge >= 0.3 is 0 Å². The van der Waals surface area contributed by atoms with Gasteiger partial charge in [-0.05, 0) is 32.0 Å². The topological polar surface area (TPSA) is 21.3 Å². The van der Waals surface area contributed by atoms with Crippen LogP contribution in [0.3, 0.4) is 0 Å². The van der Waals surface area contributed by atoms with Gasteiger partial charge in [-0.15, -0.1) is 0 Å². The third kappa shape index (κ3) is 4.49. The molecule has 0 fully saturated rings. The van der Waals surface area contributed by atoms with Crippen LogP contribution >= 0.6 is 11.6 Å². The van der Waals surface area contributed by atoms with Gasteiger partial charge in [0, 0.05) is 12.2 Å². The number of benzene rings is 1. The smallest absolute Gasteiger partial charge is 0.141 e. The van der Waals surface area contributed by atoms with E-state index in [9.17, 15) is 4.39 Å². The quantitative estimate of drug-likeness (QED) is 0.785. The van der Waals surface area contributed by atoms with Gasteiger partial charge in [0.25, 0.3) is 0 Å². The molecule has 0 spiro atoms. The minimum absolute atomic E-state index is 0.129. The van der Waals surface area contributed by atoms with Gasteiger partial charge < -0.3 is 10.1 Å². The third-order valence-corrected chi connectivity index (χ3v) is 2.09. The summed E-state index contributed by atoms with van der Waals surface area (Å²) in [7, 11) is 0. The average Bonchev–Trinajstić information content (AvgIpc) is 2.18. The van der Waals surface area contributed by atoms with E-state index in [0.29, 0.717) is 13.2 Å². The molecular weight excluding hydrogens is 217 g/mol. The Bertz CT molecular complexity index is 317. The molecule has 1 aromatic carbocycles. The highest BCUT2D eigenvalue weighted by Crippen LogP contribution is 2.18. The summed E-state index contributed by atoms with van der Waals surface area (Å²) in [5.41, 5.74) is 0.800. The van der Waals surface area contributed by atoms with Gasteiger partial charge in [0.1, 0.15) is 5.82 Å². The highest BCUT2D eigenvalue weighted by Gasteiger charge is 2.00. The molecule has 0 atom stereocenters. The van der Waals surface area contributed by atoms with Gasteiger partial charge in [-0.1, -0.05) is 11.6 Å². The van der Waals surface area contributed by atoms with Crippen molar-refractivity contribution in [3.63, 3.8) is 0 Å². The van der Waals surface area contributed by atoms with Gasteiger partial charge in [-0.25, -0.2) is 4.39 Å². The van der Waals surface area contributed by atoms with Gasteiger partial charge in [0.15, 0.2) is 0 Å². The predicted molar refractivity (Wildman–Crippen MR) is 61.0 cm³/mol. The van der Waals surface area contributed by atoms with Gasteiger partial charge in [0.05, 0.1) is 17.7 Å². The lowest BCUT2D eigenvalue weighted by atomic mass is 10.3. The van der Waals surface area contributed by atoms with Crippen molar-refractivity contribution >= 4 is 17.3 Å². The molecule has 1 rings (SSSR count). The minimum atomic E-state index is -0.402. The van der Waals surface area contributed by atoms with Crippen LogP contribution in [0.25, 0.3) is 0 Å². The van der Waals surface area contributed by atoms with Crippen molar-refractivity contribution in [1.29, 1.82) is 0 Å². The van der Waals surface area contributed by atoms with Crippen LogP contribution in [0.2, 0.25) is 5.02 Å². The van der Waals surface area contributed by atoms with E-state index in [-0.39, 0.29) is 11.1 Å². The minimum Gasteiger partial charge on any atom is -0.383 e. The van der Waals surface area contributed by atoms with Crippen LogP contribution in [0, 0.1) is 5.82 Å². The molecule has 0 aliphatic rings. The van der Waals surface area contributed by atoms with E-state index in [1.54, 1.807) is 12.1 Å². The fraction of sp³-hybridized carbons (Fsp3) is 0.455. The number of hydrogen-bond acceptors (Lipinski definition) is 2. The van der Waals surface area contributed by atoms with Crippen LogP contribution in [0.5, 0.6) is 0 Å². The monoisotopic (exact) mass is 231 g/mol. The number of ether oxygens (including phenoxy) is 1. The zero-order chi connectivity index (χ0) is 11.3. The van der Waals surface area contributed by atoms with Crippen LogP contribution in [0.15, 0.2) is 18.2 Å². The van der Waals surface area contributed by atoms with Gasteiger partial charge in [-0.2, -0.15) is 0 Å². The maximum absolute atomic E-state index is 12.8. The van der Waals surface area contributed by atoms with E-state index in [4.69, 9.17) is 16.3 Å². The standard InChI is InChI=1S/C11H15ClFNO/c1-8(2)15-6-5-14-9-3-4-11(13)10(12)7-9/h3-4,7-8,14H,5-6H2,1-2H3. The van der Waals surface area contributed by atoms with Crippen LogP contribution in [0.4, 0.5) is 10.1 Å². The molecule has 0 aliphatic heterocycles. The van der Waals surface area contributed by atoms with Gasteiger partial charge in [-0.3, -0.25) is 0 Å². The molecule has 0 saturated heterocycles. The second kappa shape index (κ2) is 5.93. The molecule has 0 heterocycles. The summed E-state index contributed by atoms with van der Waals surface area (Å²) in [6, 6.07) is 4.55. The third-order valence-electron chi connectivity index (χ3n) is 1.80. The molecule has 1 N–H and O–H groups in total. The summed E-state index contributed by atoms with van der Waals surface area (Å²) >= 11 is 5.63. The van der Waals surface area contributed by atoms with E-state index >= 15 is 0 Å². The maximum atomic E-state index is 12.8. The first-order chi connectivity index (χ1) is 7.09. The molecular formula is C11H15ClFNO. The average molecular weight is 232 g/mol. The Morgan fingerprint density at radius 3 is 2.80 bits per heavy atom. The fourth-order valence-corrected chi connectivity index (χ4v) is 1.28. The highest BCUT2D eigenvalue weighted by atomic mass is 35.5. The number of rotatable bonds is 5. The fourth-order valence-electron chi connectivity index (χ4n) is 1.10. The van der Waals surface area contributed by atoms with Crippen molar-refractivity contribution < 1.29 is 9.13 Å². The Hall–Kier alpha value is -0.800. The van der Waals surface area contributed by atoms with Crippen molar-refractivity contribution in [3.05, 3.63) is 29.0 Å². The molecule has 0 radical (unpaired) electrons. The molecule has 15 heavy (non-hydrogen) atoms. The lowest BCUT2D eigenvalue weighted by molar-refractivity contribution is 0.0870. The van der Waals surface area contributed by atoms with E-state index < -0.39 is 5.82 Å². The van der Waals surface area contributed by atoms with Crippen LogP contribution in [-0.2, 0) is 4.74 Å². The maximum Gasteiger partial charge on any atom is 0.141 e. The normalized spacial score (nSPS) is 10.7. The summed E-state index contributed by atoms with van der Waals surface area (Å²) in [6.07, 6.45) is 0.226. The first kappa shape index (κ1) is 12.3. The first-order valence-electron chi connectivity index (χ1n) is 4.90. The Balaban J connectivity index is 2.35. The number of nitrogens with one attached hydrogen (secondary N) is 1. The molecule has 0 unspecified atom stereocenters. The summed E-state index contributed by atoms with van der Waals surface area (Å²) in [4.78, 5) is 0. The zero-order valence-electron chi connectivity index (χ0n) is 8.89. The highest BCUT2D eigenvalue weighted by molar-refractivity contribution is 6.31. The Labute approximate surface area is 94.4 Å². The lowest BCUT2D eigenvalue weighted by Crippen LogP contribution is -2.13. The van der Waals surface area contributed by atoms with E-state index in [2.05, 4.69) is 5.32 Å². The summed E-state index contributed by atoms with van der Waals surface area (Å²) < 4.78 is 18.2. The van der Waals surface area contributed by atoms with Crippen LogP contribution < -0.4 is 5.32 Å². The lowest BCUT2D eigenvalue weighted by Gasteiger charge is -2.09. The van der Waals surface area contributed by atoms with Crippen molar-refractivity contribution in [1.82, 2.24) is 0 Å². The van der Waals surface area contributed by atoms with Crippen molar-refractivity contribution in [2.75, 3.05) is 18.5 Å². The summed E-state index contributed by atoms with van der Waals surface area (Å²) in [6.45, 7) is 5.26. The van der Waals surface area contributed by atoms with Crippen LogP contribution in [-0.4, -0.2) is 19.3 Å². The van der Waals surface area contributed by atoms with Crippen molar-refractivity contribution in [3.8, 4) is 0 Å². The molecule has 0 aliphatic carbocycles. The summed E-state index contributed by atoms with van der Waals surface area (Å²) in [5, 5.41) is 3.22. The largest absolute Gasteiger partial charge is 0.383 e. The Morgan fingerprint density at radius 2 is 2.20 bits per heavy atom. The van der Waals surface area contributed by atoms with Crippen molar-refractivity contribution in [2.24, 2.45) is 0 Å². The molecule has 0 amide bonds. The second-order valence-electron chi connectivity index (χ2n) is 3.48. The Kier molecular flexibility index (Phi) is 4.85. The molecule has 0 saturated carbocycles. The second-order valence-corrected chi connectivity index (χ2v) is 3.88. The molecule has 1 aromatic rings. The molecule has 0 aromatic heterocycles. The molecule has 2 nitrogen and oxygen atoms in total. The predicted octanol–water partition coefficient (Wildman–Crippen LogP) is 3.32. The number of hydrogen-bond donors (Lipinski definition) is 1. The zero-order valence-corrected chi connectivity index (χ0v) is 9.64. The number of halogens is 2. The SMILES string of the molecule is CC(C)OCCNc1ccc(F)c(Cl)c1. The van der Waals surface area contributed by atoms with Crippen molar-refractivity contribution in [2.45, 2.75) is 20.0 Å². The van der Waals surface area contributed by atoms with E-state index in [1.165, 1.54) is 6.07 Å². The summed E-state index contributed by atoms with van der Waals surface area (Å²) in [5.74, 6) is -0.402. The van der Waals surface area contributed by atoms with E-state index in [0.717, 1.165) is 5.69 Å². The Morgan fingerprint density at radius 1 is 1.47 bits per heavy atom. The number of anilines is 1. The van der Waals surface area contributed by atoms with Gasteiger partial charge in [0.2, 0.25) is 0 Å². The molecule has 4 heteroatoms. The molecule has 84 valence electrons. The van der Waals surface area contributed by atoms with Crippen LogP contribution in [0.1, 0.15) is 13.8 Å². The van der Waals surface area contributed by atoms with E-state index in [1.807, 2.05) is 13.8 Å². The first-order valence-corrected chi connectivity index (χ1v) is 5.28.